The zero-order valence-electron chi connectivity index (χ0n) is 12.3. The van der Waals surface area contributed by atoms with Gasteiger partial charge in [0.2, 0.25) is 0 Å². The summed E-state index contributed by atoms with van der Waals surface area (Å²) < 4.78 is 5.59. The van der Waals surface area contributed by atoms with Crippen LogP contribution in [0, 0.1) is 0 Å². The standard InChI is InChI=1S/C15H25NO4/c1-2-15-11-12(16-20-14(15)18)9-7-5-3-4-6-8-10-13(17)19-15/h14,18H,2-11H2,1H3/t14-,15-/m0/s1. The monoisotopic (exact) mass is 283 g/mol. The zero-order valence-corrected chi connectivity index (χ0v) is 12.3. The van der Waals surface area contributed by atoms with Crippen LogP contribution in [0.15, 0.2) is 5.16 Å². The van der Waals surface area contributed by atoms with Crippen LogP contribution in [0.1, 0.15) is 71.1 Å². The largest absolute Gasteiger partial charge is 0.452 e. The quantitative estimate of drug-likeness (QED) is 0.751. The first-order valence-corrected chi connectivity index (χ1v) is 7.78. The van der Waals surface area contributed by atoms with E-state index in [1.54, 1.807) is 0 Å². The predicted molar refractivity (Wildman–Crippen MR) is 75.2 cm³/mol. The third-order valence-electron chi connectivity index (χ3n) is 4.25. The Hall–Kier alpha value is -1.10. The molecule has 2 rings (SSSR count). The third kappa shape index (κ3) is 3.72. The van der Waals surface area contributed by atoms with Gasteiger partial charge in [0.15, 0.2) is 5.60 Å². The number of carbonyl (C=O) groups excluding carboxylic acids is 1. The SMILES string of the molecule is CC[C@]12CC(=NO[C@@H]1O)CCCCCCCCC(=O)O2. The number of carbonyl (C=O) groups is 1. The van der Waals surface area contributed by atoms with E-state index in [2.05, 4.69) is 5.16 Å². The van der Waals surface area contributed by atoms with Crippen LogP contribution in [0.3, 0.4) is 0 Å². The van der Waals surface area contributed by atoms with Crippen LogP contribution < -0.4 is 0 Å². The molecule has 1 saturated heterocycles. The molecule has 2 aliphatic heterocycles. The van der Waals surface area contributed by atoms with Crippen LogP contribution >= 0.6 is 0 Å². The molecule has 2 heterocycles. The predicted octanol–water partition coefficient (Wildman–Crippen LogP) is 2.91. The van der Waals surface area contributed by atoms with Gasteiger partial charge in [-0.25, -0.2) is 0 Å². The second kappa shape index (κ2) is 7.07. The molecule has 2 aliphatic rings. The van der Waals surface area contributed by atoms with Crippen molar-refractivity contribution < 1.29 is 19.5 Å². The summed E-state index contributed by atoms with van der Waals surface area (Å²) in [6.07, 6.45) is 7.65. The van der Waals surface area contributed by atoms with E-state index in [0.717, 1.165) is 37.8 Å². The van der Waals surface area contributed by atoms with Crippen LogP contribution in [0.2, 0.25) is 0 Å². The van der Waals surface area contributed by atoms with Gasteiger partial charge in [-0.05, 0) is 25.7 Å². The number of hydrogen-bond acceptors (Lipinski definition) is 5. The minimum absolute atomic E-state index is 0.241. The lowest BCUT2D eigenvalue weighted by Crippen LogP contribution is -2.50. The lowest BCUT2D eigenvalue weighted by molar-refractivity contribution is -0.237. The molecule has 0 radical (unpaired) electrons. The third-order valence-corrected chi connectivity index (χ3v) is 4.25. The molecule has 2 bridgehead atoms. The van der Waals surface area contributed by atoms with Crippen molar-refractivity contribution in [2.24, 2.45) is 5.16 Å². The lowest BCUT2D eigenvalue weighted by Gasteiger charge is -2.38. The molecule has 0 aromatic heterocycles. The fourth-order valence-corrected chi connectivity index (χ4v) is 2.86. The molecular formula is C15H25NO4. The number of oxime groups is 1. The molecule has 0 saturated carbocycles. The van der Waals surface area contributed by atoms with Crippen molar-refractivity contribution in [1.29, 1.82) is 0 Å². The number of rotatable bonds is 1. The van der Waals surface area contributed by atoms with Crippen molar-refractivity contribution in [3.05, 3.63) is 0 Å². The first-order valence-electron chi connectivity index (χ1n) is 7.78. The lowest BCUT2D eigenvalue weighted by atomic mass is 9.89. The van der Waals surface area contributed by atoms with Crippen molar-refractivity contribution in [2.75, 3.05) is 0 Å². The van der Waals surface area contributed by atoms with E-state index in [9.17, 15) is 9.90 Å². The second-order valence-electron chi connectivity index (χ2n) is 5.81. The minimum Gasteiger partial charge on any atom is -0.452 e. The number of fused-ring (bicyclic) bond motifs is 2. The Labute approximate surface area is 120 Å². The van der Waals surface area contributed by atoms with E-state index < -0.39 is 11.9 Å². The molecule has 0 aromatic rings. The van der Waals surface area contributed by atoms with Crippen LogP contribution in [0.25, 0.3) is 0 Å². The van der Waals surface area contributed by atoms with Crippen molar-refractivity contribution >= 4 is 11.7 Å². The van der Waals surface area contributed by atoms with Gasteiger partial charge in [0.1, 0.15) is 0 Å². The maximum absolute atomic E-state index is 12.0. The molecule has 20 heavy (non-hydrogen) atoms. The van der Waals surface area contributed by atoms with Crippen LogP contribution in [0.5, 0.6) is 0 Å². The number of ether oxygens (including phenoxy) is 1. The molecule has 0 unspecified atom stereocenters. The summed E-state index contributed by atoms with van der Waals surface area (Å²) in [5.74, 6) is -0.241. The Morgan fingerprint density at radius 3 is 2.55 bits per heavy atom. The fraction of sp³-hybridized carbons (Fsp3) is 0.867. The van der Waals surface area contributed by atoms with E-state index >= 15 is 0 Å². The van der Waals surface area contributed by atoms with Crippen molar-refractivity contribution in [3.8, 4) is 0 Å². The highest BCUT2D eigenvalue weighted by molar-refractivity contribution is 5.86. The van der Waals surface area contributed by atoms with Crippen LogP contribution in [-0.4, -0.2) is 28.7 Å². The molecule has 0 amide bonds. The smallest absolute Gasteiger partial charge is 0.306 e. The normalized spacial score (nSPS) is 32.8. The number of hydrogen-bond donors (Lipinski definition) is 1. The average Bonchev–Trinajstić information content (AvgIpc) is 2.45. The van der Waals surface area contributed by atoms with Gasteiger partial charge in [0.25, 0.3) is 6.29 Å². The van der Waals surface area contributed by atoms with Gasteiger partial charge >= 0.3 is 5.97 Å². The second-order valence-corrected chi connectivity index (χ2v) is 5.81. The van der Waals surface area contributed by atoms with Gasteiger partial charge in [-0.2, -0.15) is 0 Å². The van der Waals surface area contributed by atoms with E-state index in [1.807, 2.05) is 6.92 Å². The summed E-state index contributed by atoms with van der Waals surface area (Å²) in [6, 6.07) is 0. The summed E-state index contributed by atoms with van der Waals surface area (Å²) in [5, 5.41) is 14.0. The summed E-state index contributed by atoms with van der Waals surface area (Å²) in [7, 11) is 0. The maximum atomic E-state index is 12.0. The maximum Gasteiger partial charge on any atom is 0.306 e. The Morgan fingerprint density at radius 1 is 1.20 bits per heavy atom. The van der Waals surface area contributed by atoms with Gasteiger partial charge in [-0.1, -0.05) is 37.8 Å². The first kappa shape index (κ1) is 15.3. The minimum atomic E-state index is -1.16. The topological polar surface area (TPSA) is 68.1 Å². The summed E-state index contributed by atoms with van der Waals surface area (Å²) in [6.45, 7) is 1.90. The van der Waals surface area contributed by atoms with Gasteiger partial charge in [-0.15, -0.1) is 0 Å². The summed E-state index contributed by atoms with van der Waals surface area (Å²) in [4.78, 5) is 17.1. The highest BCUT2D eigenvalue weighted by Gasteiger charge is 2.46. The Bertz CT molecular complexity index is 369. The molecule has 0 aromatic carbocycles. The van der Waals surface area contributed by atoms with Gasteiger partial charge in [0.05, 0.1) is 5.71 Å². The molecule has 5 nitrogen and oxygen atoms in total. The Balaban J connectivity index is 2.12. The molecular weight excluding hydrogens is 258 g/mol. The number of aliphatic hydroxyl groups is 1. The highest BCUT2D eigenvalue weighted by atomic mass is 16.7. The van der Waals surface area contributed by atoms with Crippen LogP contribution in [0.4, 0.5) is 0 Å². The van der Waals surface area contributed by atoms with E-state index in [1.165, 1.54) is 12.8 Å². The van der Waals surface area contributed by atoms with Crippen molar-refractivity contribution in [1.82, 2.24) is 0 Å². The van der Waals surface area contributed by atoms with Gasteiger partial charge in [-0.3, -0.25) is 4.79 Å². The molecule has 5 heteroatoms. The Morgan fingerprint density at radius 2 is 1.85 bits per heavy atom. The van der Waals surface area contributed by atoms with E-state index in [4.69, 9.17) is 9.57 Å². The highest BCUT2D eigenvalue weighted by Crippen LogP contribution is 2.32. The molecule has 1 N–H and O–H groups in total. The number of aliphatic hydroxyl groups excluding tert-OH is 1. The summed E-state index contributed by atoms with van der Waals surface area (Å²) >= 11 is 0. The van der Waals surface area contributed by atoms with E-state index in [-0.39, 0.29) is 5.97 Å². The molecule has 0 aliphatic carbocycles. The van der Waals surface area contributed by atoms with Gasteiger partial charge in [0, 0.05) is 12.8 Å². The average molecular weight is 283 g/mol. The molecule has 0 spiro atoms. The number of nitrogens with zero attached hydrogens (tertiary/aromatic N) is 1. The molecule has 2 atom stereocenters. The van der Waals surface area contributed by atoms with Crippen LogP contribution in [-0.2, 0) is 14.4 Å². The fourth-order valence-electron chi connectivity index (χ4n) is 2.86. The van der Waals surface area contributed by atoms with E-state index in [0.29, 0.717) is 19.3 Å². The first-order chi connectivity index (χ1) is 9.66. The molecule has 1 fully saturated rings. The van der Waals surface area contributed by atoms with Crippen molar-refractivity contribution in [3.63, 3.8) is 0 Å². The number of esters is 1. The van der Waals surface area contributed by atoms with Crippen molar-refractivity contribution in [2.45, 2.75) is 83.0 Å². The van der Waals surface area contributed by atoms with Gasteiger partial charge < -0.3 is 14.7 Å². The summed E-state index contributed by atoms with van der Waals surface area (Å²) in [5.41, 5.74) is -0.0634. The Kier molecular flexibility index (Phi) is 5.40. The molecule has 114 valence electrons. The zero-order chi connectivity index (χ0) is 14.4.